The number of nitrogens with zero attached hydrogens (tertiary/aromatic N) is 3. The van der Waals surface area contributed by atoms with Gasteiger partial charge < -0.3 is 19.5 Å². The Balaban J connectivity index is 1.72. The molecule has 2 aliphatic heterocycles. The number of aromatic nitrogens is 1. The molecule has 1 aromatic heterocycles. The molecule has 2 unspecified atom stereocenters. The van der Waals surface area contributed by atoms with Gasteiger partial charge in [-0.3, -0.25) is 9.59 Å². The van der Waals surface area contributed by atoms with E-state index in [0.29, 0.717) is 24.3 Å². The summed E-state index contributed by atoms with van der Waals surface area (Å²) in [6, 6.07) is 7.89. The normalized spacial score (nSPS) is 19.9. The van der Waals surface area contributed by atoms with Crippen LogP contribution in [0.3, 0.4) is 0 Å². The molecule has 3 heterocycles. The summed E-state index contributed by atoms with van der Waals surface area (Å²) < 4.78 is 30.0. The molecule has 3 aromatic rings. The van der Waals surface area contributed by atoms with E-state index >= 15 is 4.39 Å². The first-order chi connectivity index (χ1) is 14.9. The number of aromatic carboxylic acids is 1. The first-order valence-corrected chi connectivity index (χ1v) is 9.73. The highest BCUT2D eigenvalue weighted by atomic mass is 19.1. The van der Waals surface area contributed by atoms with E-state index < -0.39 is 28.6 Å². The molecule has 2 aliphatic rings. The predicted octanol–water partition coefficient (Wildman–Crippen LogP) is 2.39. The number of amides is 1. The molecule has 0 radical (unpaired) electrons. The summed E-state index contributed by atoms with van der Waals surface area (Å²) in [4.78, 5) is 39.1. The molecular formula is C22H17F2N3O4. The maximum Gasteiger partial charge on any atom is 0.341 e. The van der Waals surface area contributed by atoms with Crippen LogP contribution in [0.4, 0.5) is 14.5 Å². The molecule has 9 heteroatoms. The molecule has 0 spiro atoms. The highest BCUT2D eigenvalue weighted by Crippen LogP contribution is 2.36. The lowest BCUT2D eigenvalue weighted by Gasteiger charge is -2.34. The standard InChI is InChI=1S/C22H17F2N3O4/c23-12-1-3-13(4-2-12)27-10-17(22(30)31)21(29)16-6-18(24)20(7-19(16)27)26-9-14-5-15(26)8-25(14)11-28/h1-4,6-7,10-11,14-15H,5,8-9H2,(H,30,31). The third kappa shape index (κ3) is 2.96. The number of carboxylic acids is 1. The van der Waals surface area contributed by atoms with Crippen molar-refractivity contribution in [3.05, 3.63) is 70.0 Å². The number of carboxylic acid groups (broad SMARTS) is 1. The molecule has 7 nitrogen and oxygen atoms in total. The molecule has 31 heavy (non-hydrogen) atoms. The zero-order valence-corrected chi connectivity index (χ0v) is 16.2. The van der Waals surface area contributed by atoms with Crippen molar-refractivity contribution in [2.45, 2.75) is 18.5 Å². The Morgan fingerprint density at radius 1 is 1.10 bits per heavy atom. The summed E-state index contributed by atoms with van der Waals surface area (Å²) in [5.74, 6) is -2.53. The van der Waals surface area contributed by atoms with Gasteiger partial charge in [0.15, 0.2) is 0 Å². The molecule has 5 rings (SSSR count). The Kier molecular flexibility index (Phi) is 4.28. The molecule has 1 N–H and O–H groups in total. The lowest BCUT2D eigenvalue weighted by Crippen LogP contribution is -2.46. The molecule has 2 atom stereocenters. The van der Waals surface area contributed by atoms with Gasteiger partial charge in [-0.25, -0.2) is 13.6 Å². The van der Waals surface area contributed by atoms with Crippen LogP contribution in [0.2, 0.25) is 0 Å². The smallest absolute Gasteiger partial charge is 0.341 e. The van der Waals surface area contributed by atoms with Crippen LogP contribution in [0.15, 0.2) is 47.4 Å². The minimum Gasteiger partial charge on any atom is -0.477 e. The fourth-order valence-corrected chi connectivity index (χ4v) is 4.64. The van der Waals surface area contributed by atoms with E-state index in [4.69, 9.17) is 0 Å². The SMILES string of the molecule is O=CN1CC2CC1CN2c1cc2c(cc1F)c(=O)c(C(=O)O)cn2-c1ccc(F)cc1. The minimum absolute atomic E-state index is 0.00581. The number of carbonyl (C=O) groups excluding carboxylic acids is 1. The van der Waals surface area contributed by atoms with Gasteiger partial charge >= 0.3 is 5.97 Å². The largest absolute Gasteiger partial charge is 0.477 e. The number of rotatable bonds is 4. The van der Waals surface area contributed by atoms with E-state index in [1.807, 2.05) is 4.90 Å². The predicted molar refractivity (Wildman–Crippen MR) is 109 cm³/mol. The number of fused-ring (bicyclic) bond motifs is 3. The number of likely N-dealkylation sites (tertiary alicyclic amines) is 1. The van der Waals surface area contributed by atoms with Crippen LogP contribution in [0.25, 0.3) is 16.6 Å². The fraction of sp³-hybridized carbons (Fsp3) is 0.227. The molecule has 0 aliphatic carbocycles. The van der Waals surface area contributed by atoms with Crippen LogP contribution < -0.4 is 10.3 Å². The fourth-order valence-electron chi connectivity index (χ4n) is 4.64. The van der Waals surface area contributed by atoms with Crippen LogP contribution in [-0.2, 0) is 4.79 Å². The molecule has 1 amide bonds. The van der Waals surface area contributed by atoms with Crippen molar-refractivity contribution in [3.8, 4) is 5.69 Å². The maximum absolute atomic E-state index is 15.1. The third-order valence-corrected chi connectivity index (χ3v) is 6.14. The van der Waals surface area contributed by atoms with Gasteiger partial charge in [0, 0.05) is 36.4 Å². The topological polar surface area (TPSA) is 82.8 Å². The van der Waals surface area contributed by atoms with E-state index in [-0.39, 0.29) is 23.2 Å². The van der Waals surface area contributed by atoms with Crippen molar-refractivity contribution in [1.29, 1.82) is 0 Å². The van der Waals surface area contributed by atoms with Crippen molar-refractivity contribution in [1.82, 2.24) is 9.47 Å². The number of halogens is 2. The van der Waals surface area contributed by atoms with Crippen molar-refractivity contribution in [2.75, 3.05) is 18.0 Å². The number of benzene rings is 2. The molecule has 2 fully saturated rings. The molecule has 2 saturated heterocycles. The van der Waals surface area contributed by atoms with Gasteiger partial charge in [0.1, 0.15) is 17.2 Å². The van der Waals surface area contributed by atoms with E-state index in [1.165, 1.54) is 41.1 Å². The van der Waals surface area contributed by atoms with Crippen LogP contribution in [0, 0.1) is 11.6 Å². The Bertz CT molecular complexity index is 1290. The van der Waals surface area contributed by atoms with Crippen molar-refractivity contribution in [2.24, 2.45) is 0 Å². The second-order valence-corrected chi connectivity index (χ2v) is 7.84. The first-order valence-electron chi connectivity index (χ1n) is 9.73. The Morgan fingerprint density at radius 3 is 2.45 bits per heavy atom. The zero-order chi connectivity index (χ0) is 21.9. The highest BCUT2D eigenvalue weighted by molar-refractivity contribution is 5.94. The summed E-state index contributed by atoms with van der Waals surface area (Å²) in [7, 11) is 0. The van der Waals surface area contributed by atoms with Gasteiger partial charge in [0.05, 0.1) is 17.2 Å². The highest BCUT2D eigenvalue weighted by Gasteiger charge is 2.43. The second kappa shape index (κ2) is 6.90. The molecule has 0 saturated carbocycles. The molecule has 158 valence electrons. The van der Waals surface area contributed by atoms with Crippen LogP contribution in [-0.4, -0.2) is 52.1 Å². The second-order valence-electron chi connectivity index (χ2n) is 7.84. The van der Waals surface area contributed by atoms with E-state index in [1.54, 1.807) is 4.90 Å². The van der Waals surface area contributed by atoms with Crippen molar-refractivity contribution < 1.29 is 23.5 Å². The number of anilines is 1. The Hall–Kier alpha value is -3.75. The summed E-state index contributed by atoms with van der Waals surface area (Å²) in [6.45, 7) is 0.966. The number of hydrogen-bond acceptors (Lipinski definition) is 4. The zero-order valence-electron chi connectivity index (χ0n) is 16.2. The van der Waals surface area contributed by atoms with E-state index in [9.17, 15) is 23.9 Å². The maximum atomic E-state index is 15.1. The molecule has 2 aromatic carbocycles. The number of hydrogen-bond donors (Lipinski definition) is 1. The first kappa shape index (κ1) is 19.2. The van der Waals surface area contributed by atoms with Gasteiger partial charge in [-0.1, -0.05) is 0 Å². The van der Waals surface area contributed by atoms with Crippen LogP contribution in [0.1, 0.15) is 16.8 Å². The Labute approximate surface area is 174 Å². The van der Waals surface area contributed by atoms with E-state index in [0.717, 1.165) is 18.9 Å². The van der Waals surface area contributed by atoms with E-state index in [2.05, 4.69) is 0 Å². The van der Waals surface area contributed by atoms with Gasteiger partial charge in [0.2, 0.25) is 11.8 Å². The van der Waals surface area contributed by atoms with Gasteiger partial charge in [-0.15, -0.1) is 0 Å². The quantitative estimate of drug-likeness (QED) is 0.649. The van der Waals surface area contributed by atoms with Gasteiger partial charge in [-0.2, -0.15) is 0 Å². The summed E-state index contributed by atoms with van der Waals surface area (Å²) in [6.07, 6.45) is 2.71. The average molecular weight is 425 g/mol. The van der Waals surface area contributed by atoms with Gasteiger partial charge in [0.25, 0.3) is 0 Å². The number of carbonyl (C=O) groups is 2. The monoisotopic (exact) mass is 425 g/mol. The lowest BCUT2D eigenvalue weighted by molar-refractivity contribution is -0.119. The average Bonchev–Trinajstić information content (AvgIpc) is 3.35. The Morgan fingerprint density at radius 2 is 1.84 bits per heavy atom. The minimum atomic E-state index is -1.43. The number of piperazine rings is 1. The third-order valence-electron chi connectivity index (χ3n) is 6.14. The van der Waals surface area contributed by atoms with Gasteiger partial charge in [-0.05, 0) is 42.8 Å². The van der Waals surface area contributed by atoms with Crippen LogP contribution in [0.5, 0.6) is 0 Å². The number of pyridine rings is 1. The van der Waals surface area contributed by atoms with Crippen LogP contribution >= 0.6 is 0 Å². The van der Waals surface area contributed by atoms with Crippen molar-refractivity contribution in [3.63, 3.8) is 0 Å². The molecular weight excluding hydrogens is 408 g/mol. The molecule has 2 bridgehead atoms. The summed E-state index contributed by atoms with van der Waals surface area (Å²) >= 11 is 0. The lowest BCUT2D eigenvalue weighted by atomic mass is 10.1. The van der Waals surface area contributed by atoms with Crippen molar-refractivity contribution >= 4 is 29.0 Å². The summed E-state index contributed by atoms with van der Waals surface area (Å²) in [5, 5.41) is 9.37. The summed E-state index contributed by atoms with van der Waals surface area (Å²) in [5.41, 5.74) is -0.273.